The summed E-state index contributed by atoms with van der Waals surface area (Å²) in [6.45, 7) is 0. The number of hydrogen-bond acceptors (Lipinski definition) is 8. The molecule has 0 aliphatic heterocycles. The Balaban J connectivity index is 1.50. The van der Waals surface area contributed by atoms with E-state index < -0.39 is 0 Å². The number of carbonyl (C=O) groups excluding carboxylic acids is 1. The maximum absolute atomic E-state index is 12.4. The molecule has 0 unspecified atom stereocenters. The van der Waals surface area contributed by atoms with E-state index in [0.717, 1.165) is 28.3 Å². The van der Waals surface area contributed by atoms with Gasteiger partial charge in [0.1, 0.15) is 11.5 Å². The van der Waals surface area contributed by atoms with E-state index in [2.05, 4.69) is 20.7 Å². The molecular formula is C26H25N5O3S2. The Hall–Kier alpha value is -3.76. The van der Waals surface area contributed by atoms with Crippen molar-refractivity contribution >= 4 is 35.6 Å². The number of thioether (sulfide) groups is 2. The van der Waals surface area contributed by atoms with Gasteiger partial charge in [-0.1, -0.05) is 23.9 Å². The Kier molecular flexibility index (Phi) is 8.64. The Morgan fingerprint density at radius 1 is 0.944 bits per heavy atom. The number of amides is 1. The molecule has 8 nitrogen and oxygen atoms in total. The first-order chi connectivity index (χ1) is 17.6. The molecule has 0 saturated carbocycles. The number of aromatic nitrogens is 3. The highest BCUT2D eigenvalue weighted by Crippen LogP contribution is 2.29. The molecule has 1 aromatic heterocycles. The van der Waals surface area contributed by atoms with Crippen molar-refractivity contribution in [3.63, 3.8) is 0 Å². The third kappa shape index (κ3) is 6.27. The minimum absolute atomic E-state index is 0.125. The summed E-state index contributed by atoms with van der Waals surface area (Å²) >= 11 is 2.95. The van der Waals surface area contributed by atoms with E-state index >= 15 is 0 Å². The van der Waals surface area contributed by atoms with Gasteiger partial charge in [-0.3, -0.25) is 9.36 Å². The first kappa shape index (κ1) is 25.3. The van der Waals surface area contributed by atoms with Crippen LogP contribution in [0.4, 0.5) is 0 Å². The minimum Gasteiger partial charge on any atom is -0.497 e. The van der Waals surface area contributed by atoms with Gasteiger partial charge in [-0.25, -0.2) is 5.43 Å². The van der Waals surface area contributed by atoms with E-state index in [4.69, 9.17) is 9.47 Å². The quantitative estimate of drug-likeness (QED) is 0.181. The Morgan fingerprint density at radius 3 is 2.19 bits per heavy atom. The maximum atomic E-state index is 12.4. The van der Waals surface area contributed by atoms with Crippen molar-refractivity contribution in [2.24, 2.45) is 5.10 Å². The van der Waals surface area contributed by atoms with Gasteiger partial charge >= 0.3 is 0 Å². The molecular weight excluding hydrogens is 494 g/mol. The van der Waals surface area contributed by atoms with E-state index in [1.165, 1.54) is 16.7 Å². The lowest BCUT2D eigenvalue weighted by molar-refractivity contribution is -0.118. The van der Waals surface area contributed by atoms with E-state index in [-0.39, 0.29) is 11.7 Å². The maximum Gasteiger partial charge on any atom is 0.250 e. The van der Waals surface area contributed by atoms with Crippen LogP contribution in [-0.2, 0) is 4.79 Å². The van der Waals surface area contributed by atoms with E-state index in [0.29, 0.717) is 11.0 Å². The molecule has 10 heteroatoms. The van der Waals surface area contributed by atoms with Crippen LogP contribution in [0.2, 0.25) is 0 Å². The summed E-state index contributed by atoms with van der Waals surface area (Å²) in [6, 6.07) is 23.1. The lowest BCUT2D eigenvalue weighted by atomic mass is 10.2. The average molecular weight is 520 g/mol. The number of ether oxygens (including phenoxy) is 2. The van der Waals surface area contributed by atoms with Crippen molar-refractivity contribution in [2.75, 3.05) is 26.2 Å². The van der Waals surface area contributed by atoms with Gasteiger partial charge in [-0.2, -0.15) is 5.10 Å². The molecule has 0 saturated heterocycles. The summed E-state index contributed by atoms with van der Waals surface area (Å²) in [5, 5.41) is 13.4. The van der Waals surface area contributed by atoms with Crippen molar-refractivity contribution in [3.05, 3.63) is 78.4 Å². The molecule has 4 rings (SSSR count). The molecule has 4 aromatic rings. The predicted octanol–water partition coefficient (Wildman–Crippen LogP) is 4.92. The van der Waals surface area contributed by atoms with Gasteiger partial charge in [0, 0.05) is 16.1 Å². The largest absolute Gasteiger partial charge is 0.497 e. The zero-order valence-corrected chi connectivity index (χ0v) is 21.7. The highest BCUT2D eigenvalue weighted by molar-refractivity contribution is 7.99. The zero-order chi connectivity index (χ0) is 25.3. The number of benzene rings is 3. The van der Waals surface area contributed by atoms with E-state index in [9.17, 15) is 4.79 Å². The average Bonchev–Trinajstić information content (AvgIpc) is 3.36. The predicted molar refractivity (Wildman–Crippen MR) is 145 cm³/mol. The normalized spacial score (nSPS) is 11.0. The van der Waals surface area contributed by atoms with Crippen molar-refractivity contribution in [1.82, 2.24) is 20.2 Å². The van der Waals surface area contributed by atoms with Crippen molar-refractivity contribution in [1.29, 1.82) is 0 Å². The third-order valence-corrected chi connectivity index (χ3v) is 6.84. The number of hydrogen-bond donors (Lipinski definition) is 1. The molecule has 0 atom stereocenters. The number of methoxy groups -OCH3 is 2. The van der Waals surface area contributed by atoms with E-state index in [1.807, 2.05) is 83.6 Å². The van der Waals surface area contributed by atoms with Gasteiger partial charge in [0.05, 0.1) is 26.2 Å². The van der Waals surface area contributed by atoms with Gasteiger partial charge in [0.25, 0.3) is 5.91 Å². The number of nitrogens with zero attached hydrogens (tertiary/aromatic N) is 4. The Morgan fingerprint density at radius 2 is 1.58 bits per heavy atom. The Bertz CT molecular complexity index is 1320. The smallest absolute Gasteiger partial charge is 0.250 e. The lowest BCUT2D eigenvalue weighted by Gasteiger charge is -2.11. The number of hydrazone groups is 1. The molecule has 36 heavy (non-hydrogen) atoms. The van der Waals surface area contributed by atoms with Gasteiger partial charge in [-0.15, -0.1) is 22.0 Å². The fourth-order valence-electron chi connectivity index (χ4n) is 3.29. The summed E-state index contributed by atoms with van der Waals surface area (Å²) in [6.07, 6.45) is 3.64. The first-order valence-electron chi connectivity index (χ1n) is 10.9. The molecule has 0 aliphatic rings. The molecule has 0 radical (unpaired) electrons. The first-order valence-corrected chi connectivity index (χ1v) is 13.2. The second-order valence-electron chi connectivity index (χ2n) is 7.42. The van der Waals surface area contributed by atoms with E-state index in [1.54, 1.807) is 32.2 Å². The molecule has 3 aromatic carbocycles. The van der Waals surface area contributed by atoms with Crippen LogP contribution >= 0.6 is 23.5 Å². The van der Waals surface area contributed by atoms with Crippen LogP contribution in [0.1, 0.15) is 5.56 Å². The lowest BCUT2D eigenvalue weighted by Crippen LogP contribution is -2.20. The fraction of sp³-hybridized carbons (Fsp3) is 0.154. The molecule has 1 N–H and O–H groups in total. The minimum atomic E-state index is -0.243. The summed E-state index contributed by atoms with van der Waals surface area (Å²) < 4.78 is 12.5. The number of rotatable bonds is 10. The van der Waals surface area contributed by atoms with Crippen LogP contribution < -0.4 is 14.9 Å². The molecule has 0 bridgehead atoms. The van der Waals surface area contributed by atoms with Crippen LogP contribution in [0.3, 0.4) is 0 Å². The summed E-state index contributed by atoms with van der Waals surface area (Å²) in [7, 11) is 3.25. The standard InChI is InChI=1S/C26H25N5O3S2/c1-33-21-10-6-19(7-11-21)25-29-30-26(31(25)20-8-12-22(34-2)13-9-20)36-17-24(32)28-27-16-18-4-14-23(35-3)15-5-18/h4-16H,17H2,1-3H3,(H,28,32). The summed E-state index contributed by atoms with van der Waals surface area (Å²) in [5.74, 6) is 2.03. The van der Waals surface area contributed by atoms with Crippen LogP contribution in [0, 0.1) is 0 Å². The van der Waals surface area contributed by atoms with Gasteiger partial charge in [-0.05, 0) is 72.5 Å². The summed E-state index contributed by atoms with van der Waals surface area (Å²) in [5.41, 5.74) is 5.20. The van der Waals surface area contributed by atoms with Crippen molar-refractivity contribution < 1.29 is 14.3 Å². The highest BCUT2D eigenvalue weighted by Gasteiger charge is 2.17. The molecule has 0 aliphatic carbocycles. The SMILES string of the molecule is COc1ccc(-c2nnc(SCC(=O)NN=Cc3ccc(SC)cc3)n2-c2ccc(OC)cc2)cc1. The topological polar surface area (TPSA) is 90.6 Å². The molecule has 184 valence electrons. The second kappa shape index (κ2) is 12.3. The third-order valence-electron chi connectivity index (χ3n) is 5.16. The van der Waals surface area contributed by atoms with Gasteiger partial charge in [0.15, 0.2) is 11.0 Å². The number of nitrogens with one attached hydrogen (secondary N) is 1. The summed E-state index contributed by atoms with van der Waals surface area (Å²) in [4.78, 5) is 13.6. The van der Waals surface area contributed by atoms with Crippen LogP contribution in [0.5, 0.6) is 11.5 Å². The van der Waals surface area contributed by atoms with Crippen molar-refractivity contribution in [2.45, 2.75) is 10.1 Å². The molecule has 1 heterocycles. The Labute approximate surface area is 218 Å². The second-order valence-corrected chi connectivity index (χ2v) is 9.25. The zero-order valence-electron chi connectivity index (χ0n) is 20.0. The fourth-order valence-corrected chi connectivity index (χ4v) is 4.44. The van der Waals surface area contributed by atoms with Crippen molar-refractivity contribution in [3.8, 4) is 28.6 Å². The van der Waals surface area contributed by atoms with Gasteiger partial charge < -0.3 is 9.47 Å². The highest BCUT2D eigenvalue weighted by atomic mass is 32.2. The molecule has 0 spiro atoms. The number of carbonyl (C=O) groups is 1. The van der Waals surface area contributed by atoms with Crippen LogP contribution in [0.25, 0.3) is 17.1 Å². The monoisotopic (exact) mass is 519 g/mol. The van der Waals surface area contributed by atoms with Crippen LogP contribution in [0.15, 0.2) is 87.9 Å². The van der Waals surface area contributed by atoms with Gasteiger partial charge in [0.2, 0.25) is 0 Å². The molecule has 1 amide bonds. The molecule has 0 fully saturated rings. The van der Waals surface area contributed by atoms with Crippen LogP contribution in [-0.4, -0.2) is 53.1 Å².